The lowest BCUT2D eigenvalue weighted by Gasteiger charge is -2.16. The predicted molar refractivity (Wildman–Crippen MR) is 51.4 cm³/mol. The smallest absolute Gasteiger partial charge is 0.252 e. The summed E-state index contributed by atoms with van der Waals surface area (Å²) in [6.45, 7) is 0. The fraction of sp³-hybridized carbons (Fsp3) is 0.600. The third-order valence-corrected chi connectivity index (χ3v) is 2.77. The summed E-state index contributed by atoms with van der Waals surface area (Å²) in [5.41, 5.74) is 8.08. The fourth-order valence-corrected chi connectivity index (χ4v) is 2.07. The number of amides is 1. The Bertz CT molecular complexity index is 294. The lowest BCUT2D eigenvalue weighted by atomic mass is 9.90. The Hall–Kier alpha value is -1.12. The molecule has 0 spiro atoms. The first-order valence-corrected chi connectivity index (χ1v) is 4.85. The zero-order valence-electron chi connectivity index (χ0n) is 7.68. The molecule has 2 N–H and O–H groups in total. The molecule has 1 aliphatic carbocycles. The van der Waals surface area contributed by atoms with Crippen LogP contribution in [-0.4, -0.2) is 11.7 Å². The Kier molecular flexibility index (Phi) is 2.17. The van der Waals surface area contributed by atoms with Gasteiger partial charge in [-0.15, -0.1) is 0 Å². The van der Waals surface area contributed by atoms with Crippen molar-refractivity contribution in [3.63, 3.8) is 0 Å². The van der Waals surface area contributed by atoms with E-state index in [1.54, 1.807) is 0 Å². The zero-order chi connectivity index (χ0) is 9.26. The van der Waals surface area contributed by atoms with Gasteiger partial charge in [0, 0.05) is 5.57 Å². The maximum Gasteiger partial charge on any atom is 0.252 e. The van der Waals surface area contributed by atoms with E-state index < -0.39 is 0 Å². The van der Waals surface area contributed by atoms with Gasteiger partial charge in [0.25, 0.3) is 5.91 Å². The number of carbonyl (C=O) groups is 1. The van der Waals surface area contributed by atoms with E-state index in [0.29, 0.717) is 12.3 Å². The molecule has 1 saturated carbocycles. The maximum atomic E-state index is 11.0. The van der Waals surface area contributed by atoms with Crippen molar-refractivity contribution < 1.29 is 4.79 Å². The van der Waals surface area contributed by atoms with Gasteiger partial charge in [0.05, 0.1) is 6.42 Å². The molecule has 3 heteroatoms. The van der Waals surface area contributed by atoms with Crippen LogP contribution in [0.2, 0.25) is 0 Å². The molecule has 0 aromatic rings. The molecule has 0 unspecified atom stereocenters. The van der Waals surface area contributed by atoms with E-state index in [9.17, 15) is 4.79 Å². The quantitative estimate of drug-likeness (QED) is 0.611. The number of carbonyl (C=O) groups excluding carboxylic acids is 1. The van der Waals surface area contributed by atoms with Crippen molar-refractivity contribution >= 4 is 11.7 Å². The second-order valence-electron chi connectivity index (χ2n) is 3.71. The number of nitrogens with zero attached hydrogens (tertiary/aromatic N) is 1. The standard InChI is InChI=1S/C10H14N2O/c11-10-8(6-9(13)12-10)7-4-2-1-3-5-7/h1-6H2,(H2,11,12,13). The first-order chi connectivity index (χ1) is 6.27. The van der Waals surface area contributed by atoms with Crippen LogP contribution >= 0.6 is 0 Å². The van der Waals surface area contributed by atoms with Crippen LogP contribution in [-0.2, 0) is 4.79 Å². The number of hydrogen-bond acceptors (Lipinski definition) is 2. The zero-order valence-corrected chi connectivity index (χ0v) is 7.68. The van der Waals surface area contributed by atoms with Gasteiger partial charge in [-0.05, 0) is 25.7 Å². The summed E-state index contributed by atoms with van der Waals surface area (Å²) in [5, 5.41) is 0. The lowest BCUT2D eigenvalue weighted by Crippen LogP contribution is -2.13. The van der Waals surface area contributed by atoms with E-state index >= 15 is 0 Å². The van der Waals surface area contributed by atoms with Gasteiger partial charge in [-0.1, -0.05) is 12.0 Å². The molecule has 13 heavy (non-hydrogen) atoms. The van der Waals surface area contributed by atoms with Crippen LogP contribution in [0, 0.1) is 0 Å². The molecule has 0 aromatic heterocycles. The Morgan fingerprint density at radius 3 is 2.38 bits per heavy atom. The molecule has 1 amide bonds. The maximum absolute atomic E-state index is 11.0. The van der Waals surface area contributed by atoms with Crippen molar-refractivity contribution in [2.45, 2.75) is 38.5 Å². The van der Waals surface area contributed by atoms with Crippen LogP contribution in [0.4, 0.5) is 0 Å². The van der Waals surface area contributed by atoms with Crippen molar-refractivity contribution in [3.8, 4) is 0 Å². The monoisotopic (exact) mass is 178 g/mol. The number of aliphatic imine (C=N–C) groups is 1. The van der Waals surface area contributed by atoms with E-state index in [1.807, 2.05) is 0 Å². The van der Waals surface area contributed by atoms with Gasteiger partial charge >= 0.3 is 0 Å². The Labute approximate surface area is 77.7 Å². The molecule has 3 nitrogen and oxygen atoms in total. The van der Waals surface area contributed by atoms with E-state index in [1.165, 1.54) is 24.8 Å². The highest BCUT2D eigenvalue weighted by molar-refractivity contribution is 6.12. The van der Waals surface area contributed by atoms with E-state index in [4.69, 9.17) is 5.73 Å². The van der Waals surface area contributed by atoms with Crippen molar-refractivity contribution in [2.24, 2.45) is 10.7 Å². The number of allylic oxidation sites excluding steroid dienone is 1. The number of nitrogens with two attached hydrogens (primary N) is 1. The van der Waals surface area contributed by atoms with Crippen molar-refractivity contribution in [2.75, 3.05) is 0 Å². The molecule has 1 heterocycles. The molecule has 0 radical (unpaired) electrons. The topological polar surface area (TPSA) is 55.4 Å². The minimum Gasteiger partial charge on any atom is -0.383 e. The van der Waals surface area contributed by atoms with E-state index in [-0.39, 0.29) is 5.91 Å². The number of hydrogen-bond donors (Lipinski definition) is 1. The molecule has 1 aliphatic heterocycles. The highest BCUT2D eigenvalue weighted by atomic mass is 16.1. The Balaban J connectivity index is 2.23. The summed E-state index contributed by atoms with van der Waals surface area (Å²) in [6, 6.07) is 0. The van der Waals surface area contributed by atoms with E-state index in [2.05, 4.69) is 4.99 Å². The fourth-order valence-electron chi connectivity index (χ4n) is 2.07. The summed E-state index contributed by atoms with van der Waals surface area (Å²) in [4.78, 5) is 14.7. The van der Waals surface area contributed by atoms with Gasteiger partial charge in [0.2, 0.25) is 0 Å². The highest BCUT2D eigenvalue weighted by Crippen LogP contribution is 2.29. The van der Waals surface area contributed by atoms with Gasteiger partial charge in [0.15, 0.2) is 0 Å². The van der Waals surface area contributed by atoms with Crippen molar-refractivity contribution in [3.05, 3.63) is 11.1 Å². The molecule has 0 atom stereocenters. The second kappa shape index (κ2) is 3.32. The Morgan fingerprint density at radius 2 is 1.85 bits per heavy atom. The average Bonchev–Trinajstić information content (AvgIpc) is 2.47. The van der Waals surface area contributed by atoms with Crippen LogP contribution in [0.25, 0.3) is 0 Å². The van der Waals surface area contributed by atoms with Gasteiger partial charge in [-0.3, -0.25) is 4.79 Å². The van der Waals surface area contributed by atoms with Crippen molar-refractivity contribution in [1.82, 2.24) is 0 Å². The second-order valence-corrected chi connectivity index (χ2v) is 3.71. The molecular weight excluding hydrogens is 164 g/mol. The summed E-state index contributed by atoms with van der Waals surface area (Å²) < 4.78 is 0. The SMILES string of the molecule is NC1=NC(=O)CC1=C1CCCCC1. The van der Waals surface area contributed by atoms with E-state index in [0.717, 1.165) is 18.4 Å². The van der Waals surface area contributed by atoms with Crippen LogP contribution < -0.4 is 5.73 Å². The number of amidine groups is 1. The van der Waals surface area contributed by atoms with Crippen molar-refractivity contribution in [1.29, 1.82) is 0 Å². The summed E-state index contributed by atoms with van der Waals surface area (Å²) >= 11 is 0. The first-order valence-electron chi connectivity index (χ1n) is 4.85. The average molecular weight is 178 g/mol. The normalized spacial score (nSPS) is 23.7. The molecular formula is C10H14N2O. The third kappa shape index (κ3) is 1.64. The third-order valence-electron chi connectivity index (χ3n) is 2.77. The minimum absolute atomic E-state index is 0.0782. The first kappa shape index (κ1) is 8.48. The molecule has 2 aliphatic rings. The molecule has 0 aromatic carbocycles. The molecule has 70 valence electrons. The van der Waals surface area contributed by atoms with Gasteiger partial charge in [-0.25, -0.2) is 0 Å². The largest absolute Gasteiger partial charge is 0.383 e. The highest BCUT2D eigenvalue weighted by Gasteiger charge is 2.22. The molecule has 1 fully saturated rings. The van der Waals surface area contributed by atoms with Gasteiger partial charge in [0.1, 0.15) is 5.84 Å². The molecule has 0 bridgehead atoms. The predicted octanol–water partition coefficient (Wildman–Crippen LogP) is 1.53. The van der Waals surface area contributed by atoms with Crippen LogP contribution in [0.15, 0.2) is 16.1 Å². The van der Waals surface area contributed by atoms with Crippen LogP contribution in [0.1, 0.15) is 38.5 Å². The lowest BCUT2D eigenvalue weighted by molar-refractivity contribution is -0.116. The summed E-state index contributed by atoms with van der Waals surface area (Å²) in [6.07, 6.45) is 6.45. The van der Waals surface area contributed by atoms with Crippen LogP contribution in [0.3, 0.4) is 0 Å². The molecule has 2 rings (SSSR count). The van der Waals surface area contributed by atoms with Gasteiger partial charge in [-0.2, -0.15) is 4.99 Å². The van der Waals surface area contributed by atoms with Gasteiger partial charge < -0.3 is 5.73 Å². The summed E-state index contributed by atoms with van der Waals surface area (Å²) in [5.74, 6) is 0.396. The van der Waals surface area contributed by atoms with Crippen LogP contribution in [0.5, 0.6) is 0 Å². The number of rotatable bonds is 0. The molecule has 0 saturated heterocycles. The summed E-state index contributed by atoms with van der Waals surface area (Å²) in [7, 11) is 0. The minimum atomic E-state index is -0.0782. The Morgan fingerprint density at radius 1 is 1.15 bits per heavy atom.